The number of nitrogens with zero attached hydrogens (tertiary/aromatic N) is 1. The second-order valence-corrected chi connectivity index (χ2v) is 8.55. The van der Waals surface area contributed by atoms with Crippen LogP contribution in [-0.2, 0) is 0 Å². The maximum Gasteiger partial charge on any atom is 0.233 e. The van der Waals surface area contributed by atoms with Crippen molar-refractivity contribution in [2.75, 3.05) is 43.9 Å². The molecule has 0 saturated carbocycles. The number of halogens is 16. The lowest BCUT2D eigenvalue weighted by Gasteiger charge is -1.88. The minimum atomic E-state index is -0.880. The molecule has 0 amide bonds. The summed E-state index contributed by atoms with van der Waals surface area (Å²) in [5, 5.41) is 10.8. The van der Waals surface area contributed by atoms with Crippen molar-refractivity contribution in [2.24, 2.45) is 0 Å². The fourth-order valence-electron chi connectivity index (χ4n) is 0.113. The van der Waals surface area contributed by atoms with E-state index in [4.69, 9.17) is 186 Å². The Kier molecular flexibility index (Phi) is 164. The van der Waals surface area contributed by atoms with Crippen molar-refractivity contribution in [2.45, 2.75) is 4.84 Å². The quantitative estimate of drug-likeness (QED) is 0.161. The third kappa shape index (κ3) is 392. The first kappa shape index (κ1) is 53.4. The first-order chi connectivity index (χ1) is 13.0. The van der Waals surface area contributed by atoms with Gasteiger partial charge >= 0.3 is 0 Å². The Labute approximate surface area is 246 Å². The lowest BCUT2D eigenvalue weighted by molar-refractivity contribution is -0.476. The molecule has 28 heavy (non-hydrogen) atoms. The Morgan fingerprint density at radius 1 is 0.500 bits per heavy atom. The van der Waals surface area contributed by atoms with Crippen molar-refractivity contribution in [3.63, 3.8) is 0 Å². The minimum Gasteiger partial charge on any atom is -0.264 e. The molecular formula is C9H17Cl16NO2. The van der Waals surface area contributed by atoms with E-state index in [9.17, 15) is 10.1 Å². The summed E-state index contributed by atoms with van der Waals surface area (Å²) in [5.41, 5.74) is 0. The summed E-state index contributed by atoms with van der Waals surface area (Å²) >= 11 is 76.7. The second-order valence-electron chi connectivity index (χ2n) is 1.61. The molecular weight excluding hydrogens is 721 g/mol. The van der Waals surface area contributed by atoms with E-state index >= 15 is 0 Å². The average molecular weight is 738 g/mol. The van der Waals surface area contributed by atoms with Crippen LogP contribution in [0.15, 0.2) is 0 Å². The van der Waals surface area contributed by atoms with E-state index in [0.717, 1.165) is 0 Å². The predicted octanol–water partition coefficient (Wildman–Crippen LogP) is 11.0. The van der Waals surface area contributed by atoms with Crippen molar-refractivity contribution in [1.82, 2.24) is 0 Å². The average Bonchev–Trinajstić information content (AvgIpc) is 2.51. The van der Waals surface area contributed by atoms with Crippen molar-refractivity contribution >= 4 is 186 Å². The third-order valence-electron chi connectivity index (χ3n) is 0.287. The van der Waals surface area contributed by atoms with Crippen LogP contribution in [0, 0.1) is 10.1 Å². The molecule has 0 bridgehead atoms. The largest absolute Gasteiger partial charge is 0.264 e. The molecule has 0 radical (unpaired) electrons. The van der Waals surface area contributed by atoms with Crippen LogP contribution in [0.4, 0.5) is 0 Å². The molecule has 0 aromatic rings. The van der Waals surface area contributed by atoms with Gasteiger partial charge in [0, 0.05) is 4.92 Å². The summed E-state index contributed by atoms with van der Waals surface area (Å²) in [4.78, 5) is 8.00. The molecule has 0 unspecified atom stereocenters. The van der Waals surface area contributed by atoms with Crippen LogP contribution in [0.2, 0.25) is 0 Å². The van der Waals surface area contributed by atoms with Crippen LogP contribution in [0.25, 0.3) is 0 Å². The van der Waals surface area contributed by atoms with E-state index in [1.807, 2.05) is 0 Å². The number of hydrogen-bond donors (Lipinski definition) is 0. The highest BCUT2D eigenvalue weighted by Crippen LogP contribution is 1.99. The highest BCUT2D eigenvalue weighted by molar-refractivity contribution is 6.44. The lowest BCUT2D eigenvalue weighted by atomic mass is 10.8. The molecule has 0 aromatic carbocycles. The molecule has 182 valence electrons. The Hall–Kier alpha value is 4.04. The van der Waals surface area contributed by atoms with E-state index in [-0.39, 0.29) is 43.9 Å². The topological polar surface area (TPSA) is 43.1 Å². The fraction of sp³-hybridized carbons (Fsp3) is 1.00. The zero-order chi connectivity index (χ0) is 24.8. The smallest absolute Gasteiger partial charge is 0.233 e. The SMILES string of the molecule is ClCCl.ClCCl.ClCCl.ClCCl.ClCCl.ClCCl.ClCCl.O=[N+]([O-])CC(Cl)Cl. The summed E-state index contributed by atoms with van der Waals surface area (Å²) < 4.78 is 0. The van der Waals surface area contributed by atoms with E-state index in [1.54, 1.807) is 0 Å². The molecule has 0 spiro atoms. The highest BCUT2D eigenvalue weighted by atomic mass is 35.6. The van der Waals surface area contributed by atoms with Crippen LogP contribution in [0.3, 0.4) is 0 Å². The number of nitro groups is 1. The van der Waals surface area contributed by atoms with E-state index in [2.05, 4.69) is 0 Å². The third-order valence-corrected chi connectivity index (χ3v) is 0.563. The van der Waals surface area contributed by atoms with Gasteiger partial charge in [0.05, 0.1) is 37.4 Å². The molecule has 0 rings (SSSR count). The molecule has 0 aliphatic rings. The first-order valence-corrected chi connectivity index (χ1v) is 13.6. The maximum atomic E-state index is 9.45. The number of hydrogen-bond acceptors (Lipinski definition) is 2. The maximum absolute atomic E-state index is 9.45. The van der Waals surface area contributed by atoms with Crippen LogP contribution in [0.1, 0.15) is 0 Å². The summed E-state index contributed by atoms with van der Waals surface area (Å²) in [5.74, 6) is 0. The first-order valence-electron chi connectivity index (χ1n) is 5.27. The van der Waals surface area contributed by atoms with Crippen molar-refractivity contribution in [3.8, 4) is 0 Å². The van der Waals surface area contributed by atoms with E-state index < -0.39 is 9.76 Å². The minimum absolute atomic E-state index is 0.194. The normalized spacial score (nSPS) is 6.89. The van der Waals surface area contributed by atoms with Gasteiger partial charge in [-0.1, -0.05) is 23.2 Å². The van der Waals surface area contributed by atoms with Crippen LogP contribution < -0.4 is 0 Å². The molecule has 0 heterocycles. The standard InChI is InChI=1S/C2H3Cl2NO2.7CH2Cl2/c3-2(4)1-5(6)7;7*2-1-3/h2H,1H2;7*1H2. The van der Waals surface area contributed by atoms with E-state index in [1.165, 1.54) is 0 Å². The Morgan fingerprint density at radius 3 is 0.607 bits per heavy atom. The summed E-state index contributed by atoms with van der Waals surface area (Å²) in [7, 11) is 0. The number of rotatable bonds is 2. The molecule has 0 saturated heterocycles. The zero-order valence-electron chi connectivity index (χ0n) is 13.5. The van der Waals surface area contributed by atoms with Gasteiger partial charge in [-0.2, -0.15) is 0 Å². The van der Waals surface area contributed by atoms with E-state index in [0.29, 0.717) is 0 Å². The molecule has 19 heteroatoms. The zero-order valence-corrected chi connectivity index (χ0v) is 25.6. The van der Waals surface area contributed by atoms with Crippen LogP contribution in [0.5, 0.6) is 0 Å². The van der Waals surface area contributed by atoms with Gasteiger partial charge in [-0.25, -0.2) is 0 Å². The van der Waals surface area contributed by atoms with Gasteiger partial charge < -0.3 is 0 Å². The molecule has 0 atom stereocenters. The Morgan fingerprint density at radius 2 is 0.607 bits per heavy atom. The molecule has 3 nitrogen and oxygen atoms in total. The molecule has 0 aliphatic heterocycles. The summed E-state index contributed by atoms with van der Waals surface area (Å²) in [6, 6.07) is 0. The second kappa shape index (κ2) is 86.1. The van der Waals surface area contributed by atoms with Gasteiger partial charge in [-0.05, 0) is 0 Å². The monoisotopic (exact) mass is 731 g/mol. The van der Waals surface area contributed by atoms with Gasteiger partial charge in [0.2, 0.25) is 6.54 Å². The molecule has 0 N–H and O–H groups in total. The number of alkyl halides is 16. The van der Waals surface area contributed by atoms with Crippen LogP contribution in [-0.4, -0.2) is 53.7 Å². The lowest BCUT2D eigenvalue weighted by Crippen LogP contribution is -2.07. The van der Waals surface area contributed by atoms with Crippen molar-refractivity contribution < 1.29 is 4.92 Å². The summed E-state index contributed by atoms with van der Waals surface area (Å²) in [6.45, 7) is -0.386. The van der Waals surface area contributed by atoms with Gasteiger partial charge in [-0.15, -0.1) is 162 Å². The van der Waals surface area contributed by atoms with Crippen molar-refractivity contribution in [1.29, 1.82) is 0 Å². The van der Waals surface area contributed by atoms with Gasteiger partial charge in [-0.3, -0.25) is 10.1 Å². The summed E-state index contributed by atoms with van der Waals surface area (Å²) in [6.07, 6.45) is 0. The van der Waals surface area contributed by atoms with Gasteiger partial charge in [0.15, 0.2) is 4.84 Å². The van der Waals surface area contributed by atoms with Gasteiger partial charge in [0.25, 0.3) is 0 Å². The molecule has 0 aromatic heterocycles. The van der Waals surface area contributed by atoms with Crippen molar-refractivity contribution in [3.05, 3.63) is 10.1 Å². The predicted molar refractivity (Wildman–Crippen MR) is 143 cm³/mol. The highest BCUT2D eigenvalue weighted by Gasteiger charge is 2.04. The Balaban J connectivity index is -0.0000000282. The fourth-order valence-corrected chi connectivity index (χ4v) is 0.338. The Bertz CT molecular complexity index is 153. The molecule has 0 fully saturated rings. The van der Waals surface area contributed by atoms with Gasteiger partial charge in [0.1, 0.15) is 0 Å². The molecule has 0 aliphatic carbocycles. The van der Waals surface area contributed by atoms with Crippen LogP contribution >= 0.6 is 186 Å².